The molecule has 0 saturated carbocycles. The largest absolute Gasteiger partial charge is 0.363 e. The Balaban J connectivity index is 2.44. The van der Waals surface area contributed by atoms with Gasteiger partial charge in [-0.15, -0.1) is 0 Å². The van der Waals surface area contributed by atoms with E-state index in [2.05, 4.69) is 0 Å². The van der Waals surface area contributed by atoms with Crippen LogP contribution in [0.3, 0.4) is 0 Å². The molecule has 7 heteroatoms. The highest BCUT2D eigenvalue weighted by molar-refractivity contribution is 5.67. The van der Waals surface area contributed by atoms with Crippen molar-refractivity contribution in [3.63, 3.8) is 0 Å². The predicted molar refractivity (Wildman–Crippen MR) is 70.4 cm³/mol. The van der Waals surface area contributed by atoms with Crippen molar-refractivity contribution in [2.45, 2.75) is 32.2 Å². The van der Waals surface area contributed by atoms with Crippen molar-refractivity contribution in [3.05, 3.63) is 38.4 Å². The van der Waals surface area contributed by atoms with E-state index in [-0.39, 0.29) is 17.4 Å². The van der Waals surface area contributed by atoms with Gasteiger partial charge >= 0.3 is 0 Å². The van der Waals surface area contributed by atoms with Gasteiger partial charge in [0.05, 0.1) is 15.9 Å². The lowest BCUT2D eigenvalue weighted by atomic mass is 10.0. The molecule has 1 aliphatic rings. The zero-order valence-corrected chi connectivity index (χ0v) is 10.6. The molecule has 0 spiro atoms. The number of piperidine rings is 1. The Morgan fingerprint density at radius 2 is 1.95 bits per heavy atom. The van der Waals surface area contributed by atoms with E-state index in [0.29, 0.717) is 5.69 Å². The van der Waals surface area contributed by atoms with Crippen LogP contribution in [-0.4, -0.2) is 22.4 Å². The Bertz CT molecular complexity index is 518. The van der Waals surface area contributed by atoms with Crippen LogP contribution < -0.4 is 4.90 Å². The quantitative estimate of drug-likeness (QED) is 0.619. The molecule has 0 N–H and O–H groups in total. The fourth-order valence-electron chi connectivity index (χ4n) is 2.47. The van der Waals surface area contributed by atoms with Crippen LogP contribution in [0.5, 0.6) is 0 Å². The van der Waals surface area contributed by atoms with Gasteiger partial charge in [-0.3, -0.25) is 20.2 Å². The predicted octanol–water partition coefficient (Wildman–Crippen LogP) is 2.88. The van der Waals surface area contributed by atoms with Gasteiger partial charge in [0.2, 0.25) is 0 Å². The average molecular weight is 265 g/mol. The molecule has 0 radical (unpaired) electrons. The lowest BCUT2D eigenvalue weighted by Gasteiger charge is -2.34. The van der Waals surface area contributed by atoms with Crippen molar-refractivity contribution in [2.75, 3.05) is 11.4 Å². The van der Waals surface area contributed by atoms with E-state index in [9.17, 15) is 20.2 Å². The third-order valence-electron chi connectivity index (χ3n) is 3.48. The van der Waals surface area contributed by atoms with Gasteiger partial charge < -0.3 is 4.90 Å². The first-order valence-corrected chi connectivity index (χ1v) is 6.20. The van der Waals surface area contributed by atoms with Crippen LogP contribution in [-0.2, 0) is 0 Å². The average Bonchev–Trinajstić information content (AvgIpc) is 2.38. The lowest BCUT2D eigenvalue weighted by Crippen LogP contribution is -2.37. The summed E-state index contributed by atoms with van der Waals surface area (Å²) in [4.78, 5) is 22.6. The number of hydrogen-bond acceptors (Lipinski definition) is 5. The van der Waals surface area contributed by atoms with E-state index in [1.54, 1.807) is 0 Å². The second kappa shape index (κ2) is 5.21. The molecule has 1 aliphatic heterocycles. The molecule has 0 amide bonds. The molecule has 102 valence electrons. The van der Waals surface area contributed by atoms with Gasteiger partial charge in [-0.2, -0.15) is 0 Å². The van der Waals surface area contributed by atoms with Gasteiger partial charge in [-0.05, 0) is 32.3 Å². The van der Waals surface area contributed by atoms with Crippen molar-refractivity contribution in [1.29, 1.82) is 0 Å². The number of benzene rings is 1. The van der Waals surface area contributed by atoms with Crippen LogP contribution in [0.15, 0.2) is 18.2 Å². The summed E-state index contributed by atoms with van der Waals surface area (Å²) in [6.45, 7) is 2.77. The summed E-state index contributed by atoms with van der Waals surface area (Å²) in [5.41, 5.74) is 0.0332. The van der Waals surface area contributed by atoms with E-state index >= 15 is 0 Å². The van der Waals surface area contributed by atoms with E-state index < -0.39 is 9.85 Å². The highest BCUT2D eigenvalue weighted by Crippen LogP contribution is 2.35. The van der Waals surface area contributed by atoms with Gasteiger partial charge in [-0.1, -0.05) is 0 Å². The number of nitrogens with zero attached hydrogens (tertiary/aromatic N) is 3. The minimum absolute atomic E-state index is 0.192. The molecule has 0 aromatic heterocycles. The fraction of sp³-hybridized carbons (Fsp3) is 0.500. The minimum Gasteiger partial charge on any atom is -0.363 e. The molecule has 19 heavy (non-hydrogen) atoms. The Kier molecular flexibility index (Phi) is 3.64. The molecule has 1 atom stereocenters. The first-order valence-electron chi connectivity index (χ1n) is 6.20. The summed E-state index contributed by atoms with van der Waals surface area (Å²) in [7, 11) is 0. The van der Waals surface area contributed by atoms with Crippen LogP contribution in [0, 0.1) is 20.2 Å². The van der Waals surface area contributed by atoms with Crippen molar-refractivity contribution < 1.29 is 9.85 Å². The Hall–Kier alpha value is -2.18. The molecule has 0 bridgehead atoms. The molecular formula is C12H15N3O4. The highest BCUT2D eigenvalue weighted by atomic mass is 16.6. The van der Waals surface area contributed by atoms with Gasteiger partial charge in [0, 0.05) is 18.7 Å². The first-order chi connectivity index (χ1) is 9.00. The number of anilines is 1. The molecule has 7 nitrogen and oxygen atoms in total. The molecule has 1 heterocycles. The second-order valence-corrected chi connectivity index (χ2v) is 4.73. The zero-order valence-electron chi connectivity index (χ0n) is 10.6. The molecule has 2 rings (SSSR count). The van der Waals surface area contributed by atoms with Crippen molar-refractivity contribution >= 4 is 17.1 Å². The maximum atomic E-state index is 11.1. The maximum Gasteiger partial charge on any atom is 0.299 e. The topological polar surface area (TPSA) is 89.5 Å². The van der Waals surface area contributed by atoms with Gasteiger partial charge in [0.15, 0.2) is 0 Å². The summed E-state index contributed by atoms with van der Waals surface area (Å²) in [6, 6.07) is 4.06. The van der Waals surface area contributed by atoms with Crippen molar-refractivity contribution in [2.24, 2.45) is 0 Å². The fourth-order valence-corrected chi connectivity index (χ4v) is 2.47. The third kappa shape index (κ3) is 2.64. The zero-order chi connectivity index (χ0) is 14.0. The normalized spacial score (nSPS) is 19.2. The Labute approximate surface area is 110 Å². The van der Waals surface area contributed by atoms with Crippen LogP contribution >= 0.6 is 0 Å². The summed E-state index contributed by atoms with van der Waals surface area (Å²) < 4.78 is 0. The molecule has 1 aromatic rings. The Morgan fingerprint density at radius 3 is 2.53 bits per heavy atom. The van der Waals surface area contributed by atoms with Crippen LogP contribution in [0.2, 0.25) is 0 Å². The third-order valence-corrected chi connectivity index (χ3v) is 3.48. The standard InChI is InChI=1S/C12H15N3O4/c1-9-4-2-3-7-13(9)11-6-5-10(14(16)17)8-12(11)15(18)19/h5-6,8-9H,2-4,7H2,1H3/t9-/m1/s1. The molecule has 0 aliphatic carbocycles. The van der Waals surface area contributed by atoms with Crippen LogP contribution in [0.1, 0.15) is 26.2 Å². The van der Waals surface area contributed by atoms with Gasteiger partial charge in [-0.25, -0.2) is 0 Å². The van der Waals surface area contributed by atoms with E-state index in [1.807, 2.05) is 11.8 Å². The lowest BCUT2D eigenvalue weighted by molar-refractivity contribution is -0.393. The van der Waals surface area contributed by atoms with E-state index in [1.165, 1.54) is 12.1 Å². The molecule has 1 fully saturated rings. The molecular weight excluding hydrogens is 250 g/mol. The van der Waals surface area contributed by atoms with Gasteiger partial charge in [0.25, 0.3) is 11.4 Å². The number of rotatable bonds is 3. The number of nitro groups is 2. The smallest absolute Gasteiger partial charge is 0.299 e. The van der Waals surface area contributed by atoms with Crippen LogP contribution in [0.4, 0.5) is 17.1 Å². The molecule has 1 aromatic carbocycles. The SMILES string of the molecule is C[C@@H]1CCCCN1c1ccc([N+](=O)[O-])cc1[N+](=O)[O-]. The second-order valence-electron chi connectivity index (χ2n) is 4.73. The van der Waals surface area contributed by atoms with Gasteiger partial charge in [0.1, 0.15) is 5.69 Å². The first kappa shape index (κ1) is 13.3. The molecule has 1 saturated heterocycles. The monoisotopic (exact) mass is 265 g/mol. The Morgan fingerprint density at radius 1 is 1.21 bits per heavy atom. The summed E-state index contributed by atoms with van der Waals surface area (Å²) in [5, 5.41) is 21.8. The minimum atomic E-state index is -0.615. The number of non-ortho nitro benzene ring substituents is 1. The van der Waals surface area contributed by atoms with E-state index in [0.717, 1.165) is 31.9 Å². The number of hydrogen-bond donors (Lipinski definition) is 0. The summed E-state index contributed by atoms with van der Waals surface area (Å²) in [6.07, 6.45) is 3.07. The molecule has 0 unspecified atom stereocenters. The summed E-state index contributed by atoms with van der Waals surface area (Å²) >= 11 is 0. The van der Waals surface area contributed by atoms with Crippen molar-refractivity contribution in [3.8, 4) is 0 Å². The number of nitro benzene ring substituents is 2. The highest BCUT2D eigenvalue weighted by Gasteiger charge is 2.27. The maximum absolute atomic E-state index is 11.1. The summed E-state index contributed by atoms with van der Waals surface area (Å²) in [5.74, 6) is 0. The van der Waals surface area contributed by atoms with E-state index in [4.69, 9.17) is 0 Å². The van der Waals surface area contributed by atoms with Crippen LogP contribution in [0.25, 0.3) is 0 Å². The van der Waals surface area contributed by atoms with Crippen molar-refractivity contribution in [1.82, 2.24) is 0 Å².